The molecule has 1 saturated heterocycles. The van der Waals surface area contributed by atoms with Crippen LogP contribution in [0, 0.1) is 34.0 Å². The first kappa shape index (κ1) is 23.7. The number of carbonyl (C=O) groups excluding carboxylic acids is 4. The molecule has 0 unspecified atom stereocenters. The predicted octanol–water partition coefficient (Wildman–Crippen LogP) is 3.56. The molecule has 7 heteroatoms. The molecule has 2 aliphatic carbocycles. The lowest BCUT2D eigenvalue weighted by molar-refractivity contribution is -0.237. The van der Waals surface area contributed by atoms with E-state index in [1.54, 1.807) is 13.8 Å². The Labute approximate surface area is 194 Å². The fraction of sp³-hybridized carbons (Fsp3) is 0.692. The van der Waals surface area contributed by atoms with Gasteiger partial charge in [0.05, 0.1) is 11.3 Å². The SMILES string of the molecule is C=C1C[C@@H]2[C@]3(C)C=CC(=O)OC(C)(C)[C@@H]3C[C@H](OC(C)=O)[C@]2(C)[C@@H]2C(=O)O[C@@H](C)C(=O)[C@]12C. The number of carbonyl (C=O) groups is 4. The Morgan fingerprint density at radius 3 is 2.36 bits per heavy atom. The molecule has 0 aromatic rings. The lowest BCUT2D eigenvalue weighted by Gasteiger charge is -2.67. The average molecular weight is 459 g/mol. The summed E-state index contributed by atoms with van der Waals surface area (Å²) in [6, 6.07) is 0. The van der Waals surface area contributed by atoms with Gasteiger partial charge in [0, 0.05) is 24.3 Å². The number of rotatable bonds is 1. The molecule has 4 rings (SSSR count). The van der Waals surface area contributed by atoms with Crippen LogP contribution in [0.5, 0.6) is 0 Å². The molecule has 0 spiro atoms. The Morgan fingerprint density at radius 1 is 1.12 bits per heavy atom. The first-order valence-corrected chi connectivity index (χ1v) is 11.6. The molecule has 2 saturated carbocycles. The van der Waals surface area contributed by atoms with Gasteiger partial charge in [-0.1, -0.05) is 32.1 Å². The summed E-state index contributed by atoms with van der Waals surface area (Å²) >= 11 is 0. The van der Waals surface area contributed by atoms with Crippen molar-refractivity contribution in [3.8, 4) is 0 Å². The summed E-state index contributed by atoms with van der Waals surface area (Å²) in [7, 11) is 0. The normalized spacial score (nSPS) is 46.2. The maximum absolute atomic E-state index is 13.5. The maximum atomic E-state index is 13.5. The van der Waals surface area contributed by atoms with Crippen LogP contribution in [-0.2, 0) is 33.4 Å². The third-order valence-corrected chi connectivity index (χ3v) is 9.28. The van der Waals surface area contributed by atoms with Crippen molar-refractivity contribution < 1.29 is 33.4 Å². The Bertz CT molecular complexity index is 993. The van der Waals surface area contributed by atoms with Crippen LogP contribution >= 0.6 is 0 Å². The van der Waals surface area contributed by atoms with Crippen LogP contribution < -0.4 is 0 Å². The van der Waals surface area contributed by atoms with E-state index in [0.717, 1.165) is 0 Å². The number of hydrogen-bond donors (Lipinski definition) is 0. The number of allylic oxidation sites excluding steroid dienone is 2. The molecule has 0 radical (unpaired) electrons. The summed E-state index contributed by atoms with van der Waals surface area (Å²) in [6.45, 7) is 16.7. The van der Waals surface area contributed by atoms with Crippen molar-refractivity contribution in [1.82, 2.24) is 0 Å². The molecule has 0 N–H and O–H groups in total. The summed E-state index contributed by atoms with van der Waals surface area (Å²) in [4.78, 5) is 51.6. The zero-order valence-corrected chi connectivity index (χ0v) is 20.5. The number of esters is 3. The molecule has 8 atom stereocenters. The highest BCUT2D eigenvalue weighted by atomic mass is 16.6. The fourth-order valence-corrected chi connectivity index (χ4v) is 7.75. The van der Waals surface area contributed by atoms with Crippen LogP contribution in [0.2, 0.25) is 0 Å². The van der Waals surface area contributed by atoms with Crippen LogP contribution in [0.4, 0.5) is 0 Å². The highest BCUT2D eigenvalue weighted by Gasteiger charge is 2.73. The van der Waals surface area contributed by atoms with E-state index in [1.807, 2.05) is 26.8 Å². The minimum atomic E-state index is -1.13. The monoisotopic (exact) mass is 458 g/mol. The van der Waals surface area contributed by atoms with E-state index in [1.165, 1.54) is 13.0 Å². The smallest absolute Gasteiger partial charge is 0.330 e. The van der Waals surface area contributed by atoms with Gasteiger partial charge in [0.15, 0.2) is 11.9 Å². The van der Waals surface area contributed by atoms with Gasteiger partial charge in [-0.2, -0.15) is 0 Å². The second kappa shape index (κ2) is 7.03. The van der Waals surface area contributed by atoms with E-state index < -0.39 is 57.9 Å². The van der Waals surface area contributed by atoms with Crippen LogP contribution in [0.1, 0.15) is 61.3 Å². The highest BCUT2D eigenvalue weighted by Crippen LogP contribution is 2.70. The van der Waals surface area contributed by atoms with Gasteiger partial charge in [0.25, 0.3) is 0 Å². The lowest BCUT2D eigenvalue weighted by Crippen LogP contribution is -2.71. The number of Topliss-reactive ketones (excluding diaryl/α,β-unsaturated/α-hetero) is 1. The molecule has 0 aromatic carbocycles. The lowest BCUT2D eigenvalue weighted by atomic mass is 9.37. The highest BCUT2D eigenvalue weighted by molar-refractivity contribution is 6.00. The molecular weight excluding hydrogens is 424 g/mol. The van der Waals surface area contributed by atoms with E-state index in [9.17, 15) is 19.2 Å². The summed E-state index contributed by atoms with van der Waals surface area (Å²) < 4.78 is 17.2. The topological polar surface area (TPSA) is 96.0 Å². The average Bonchev–Trinajstić information content (AvgIpc) is 2.76. The van der Waals surface area contributed by atoms with Gasteiger partial charge >= 0.3 is 17.9 Å². The van der Waals surface area contributed by atoms with Crippen molar-refractivity contribution in [3.05, 3.63) is 24.3 Å². The quantitative estimate of drug-likeness (QED) is 0.337. The molecule has 0 aromatic heterocycles. The minimum absolute atomic E-state index is 0.180. The minimum Gasteiger partial charge on any atom is -0.462 e. The molecule has 4 aliphatic rings. The summed E-state index contributed by atoms with van der Waals surface area (Å²) in [5, 5.41) is 0. The van der Waals surface area contributed by atoms with Crippen molar-refractivity contribution in [1.29, 1.82) is 0 Å². The van der Waals surface area contributed by atoms with E-state index in [-0.39, 0.29) is 17.6 Å². The van der Waals surface area contributed by atoms with E-state index >= 15 is 0 Å². The van der Waals surface area contributed by atoms with Gasteiger partial charge in [-0.3, -0.25) is 14.4 Å². The van der Waals surface area contributed by atoms with Crippen molar-refractivity contribution in [3.63, 3.8) is 0 Å². The zero-order chi connectivity index (χ0) is 24.7. The van der Waals surface area contributed by atoms with Crippen molar-refractivity contribution in [2.75, 3.05) is 0 Å². The maximum Gasteiger partial charge on any atom is 0.330 e. The molecule has 33 heavy (non-hydrogen) atoms. The number of ketones is 1. The number of ether oxygens (including phenoxy) is 3. The predicted molar refractivity (Wildman–Crippen MR) is 119 cm³/mol. The van der Waals surface area contributed by atoms with Gasteiger partial charge in [-0.05, 0) is 51.9 Å². The number of fused-ring (bicyclic) bond motifs is 5. The third kappa shape index (κ3) is 3.00. The largest absolute Gasteiger partial charge is 0.462 e. The number of hydrogen-bond acceptors (Lipinski definition) is 7. The second-order valence-corrected chi connectivity index (χ2v) is 11.4. The second-order valence-electron chi connectivity index (χ2n) is 11.4. The van der Waals surface area contributed by atoms with Crippen LogP contribution in [0.25, 0.3) is 0 Å². The van der Waals surface area contributed by atoms with Crippen LogP contribution in [0.3, 0.4) is 0 Å². The molecule has 2 heterocycles. The zero-order valence-electron chi connectivity index (χ0n) is 20.5. The van der Waals surface area contributed by atoms with Crippen LogP contribution in [-0.4, -0.2) is 41.5 Å². The van der Waals surface area contributed by atoms with E-state index in [0.29, 0.717) is 18.4 Å². The molecule has 3 fully saturated rings. The summed E-state index contributed by atoms with van der Waals surface area (Å²) in [5.74, 6) is -2.85. The molecule has 0 bridgehead atoms. The van der Waals surface area contributed by atoms with Crippen molar-refractivity contribution in [2.24, 2.45) is 34.0 Å². The van der Waals surface area contributed by atoms with Crippen LogP contribution in [0.15, 0.2) is 24.3 Å². The molecule has 0 amide bonds. The summed E-state index contributed by atoms with van der Waals surface area (Å²) in [5.41, 5.74) is -2.80. The third-order valence-electron chi connectivity index (χ3n) is 9.28. The van der Waals surface area contributed by atoms with Crippen molar-refractivity contribution in [2.45, 2.75) is 79.1 Å². The first-order chi connectivity index (χ1) is 15.1. The van der Waals surface area contributed by atoms with Gasteiger partial charge in [0.2, 0.25) is 0 Å². The van der Waals surface area contributed by atoms with Gasteiger partial charge in [-0.15, -0.1) is 0 Å². The molecule has 180 valence electrons. The molecule has 2 aliphatic heterocycles. The van der Waals surface area contributed by atoms with E-state index in [4.69, 9.17) is 14.2 Å². The summed E-state index contributed by atoms with van der Waals surface area (Å²) in [6.07, 6.45) is 2.64. The van der Waals surface area contributed by atoms with E-state index in [2.05, 4.69) is 13.5 Å². The number of cyclic esters (lactones) is 2. The van der Waals surface area contributed by atoms with Gasteiger partial charge in [-0.25, -0.2) is 4.79 Å². The molecular formula is C26H34O7. The Kier molecular flexibility index (Phi) is 5.05. The van der Waals surface area contributed by atoms with Gasteiger partial charge < -0.3 is 14.2 Å². The Hall–Kier alpha value is -2.44. The Morgan fingerprint density at radius 2 is 1.76 bits per heavy atom. The van der Waals surface area contributed by atoms with Crippen molar-refractivity contribution >= 4 is 23.7 Å². The van der Waals surface area contributed by atoms with Gasteiger partial charge in [0.1, 0.15) is 11.7 Å². The Balaban J connectivity index is 1.98. The molecule has 7 nitrogen and oxygen atoms in total. The first-order valence-electron chi connectivity index (χ1n) is 11.6. The fourth-order valence-electron chi connectivity index (χ4n) is 7.75. The standard InChI is InChI=1S/C26H34O7/c1-13-11-17-24(6)10-9-19(28)33-23(4,5)16(24)12-18(32-15(3)27)26(17,8)20-22(30)31-14(2)21(29)25(13,20)7/h9-10,14,16-18,20H,1,11-12H2,2-8H3/t14-,16-,17+,18-,20+,24+,25+,26+/m0/s1.